The fourth-order valence-electron chi connectivity index (χ4n) is 2.18. The number of benzene rings is 2. The molecule has 0 aromatic heterocycles. The lowest BCUT2D eigenvalue weighted by Gasteiger charge is -2.22. The van der Waals surface area contributed by atoms with E-state index in [0.29, 0.717) is 11.3 Å². The Labute approximate surface area is 171 Å². The highest BCUT2D eigenvalue weighted by molar-refractivity contribution is 9.10. The number of hydrogen-bond acceptors (Lipinski definition) is 5. The van der Waals surface area contributed by atoms with Gasteiger partial charge in [-0.1, -0.05) is 39.7 Å². The van der Waals surface area contributed by atoms with E-state index in [1.165, 1.54) is 19.4 Å². The third-order valence-corrected chi connectivity index (χ3v) is 5.33. The third kappa shape index (κ3) is 5.95. The molecule has 0 aliphatic carbocycles. The highest BCUT2D eigenvalue weighted by atomic mass is 79.9. The summed E-state index contributed by atoms with van der Waals surface area (Å²) in [4.78, 5) is 12.2. The molecule has 10 heteroatoms. The Kier molecular flexibility index (Phi) is 7.23. The van der Waals surface area contributed by atoms with Gasteiger partial charge in [-0.25, -0.2) is 13.8 Å². The summed E-state index contributed by atoms with van der Waals surface area (Å²) in [6, 6.07) is 11.7. The van der Waals surface area contributed by atoms with E-state index in [1.807, 2.05) is 6.07 Å². The number of carbonyl (C=O) groups is 1. The predicted molar refractivity (Wildman–Crippen MR) is 110 cm³/mol. The highest BCUT2D eigenvalue weighted by Crippen LogP contribution is 2.26. The summed E-state index contributed by atoms with van der Waals surface area (Å²) in [5.41, 5.74) is 3.16. The zero-order valence-electron chi connectivity index (χ0n) is 14.5. The van der Waals surface area contributed by atoms with E-state index in [0.717, 1.165) is 15.0 Å². The Morgan fingerprint density at radius 2 is 2.04 bits per heavy atom. The lowest BCUT2D eigenvalue weighted by atomic mass is 10.2. The molecule has 2 rings (SSSR count). The highest BCUT2D eigenvalue weighted by Gasteiger charge is 2.22. The smallest absolute Gasteiger partial charge is 0.260 e. The van der Waals surface area contributed by atoms with Gasteiger partial charge in [0.2, 0.25) is 10.0 Å². The van der Waals surface area contributed by atoms with Crippen LogP contribution in [0.1, 0.15) is 5.56 Å². The van der Waals surface area contributed by atoms with Crippen LogP contribution in [0.3, 0.4) is 0 Å². The van der Waals surface area contributed by atoms with Gasteiger partial charge in [-0.3, -0.25) is 9.10 Å². The quantitative estimate of drug-likeness (QED) is 0.493. The van der Waals surface area contributed by atoms with Crippen molar-refractivity contribution in [3.8, 4) is 5.75 Å². The van der Waals surface area contributed by atoms with Crippen molar-refractivity contribution in [3.63, 3.8) is 0 Å². The summed E-state index contributed by atoms with van der Waals surface area (Å²) >= 11 is 9.40. The molecule has 0 spiro atoms. The monoisotopic (exact) mass is 473 g/mol. The second kappa shape index (κ2) is 9.20. The van der Waals surface area contributed by atoms with E-state index in [4.69, 9.17) is 16.3 Å². The molecule has 0 heterocycles. The van der Waals surface area contributed by atoms with Crippen molar-refractivity contribution < 1.29 is 17.9 Å². The number of nitrogens with one attached hydrogen (secondary N) is 1. The minimum absolute atomic E-state index is 0.217. The van der Waals surface area contributed by atoms with Crippen molar-refractivity contribution >= 4 is 55.4 Å². The Morgan fingerprint density at radius 3 is 2.67 bits per heavy atom. The van der Waals surface area contributed by atoms with Crippen molar-refractivity contribution in [2.75, 3.05) is 24.2 Å². The summed E-state index contributed by atoms with van der Waals surface area (Å²) in [7, 11) is -2.20. The van der Waals surface area contributed by atoms with Crippen LogP contribution in [0.5, 0.6) is 5.75 Å². The van der Waals surface area contributed by atoms with Crippen LogP contribution in [-0.2, 0) is 14.8 Å². The molecule has 2 aromatic rings. The van der Waals surface area contributed by atoms with E-state index in [2.05, 4.69) is 26.5 Å². The Bertz CT molecular complexity index is 966. The number of amides is 1. The molecule has 0 atom stereocenters. The molecule has 0 aliphatic heterocycles. The van der Waals surface area contributed by atoms with Crippen LogP contribution in [0, 0.1) is 0 Å². The van der Waals surface area contributed by atoms with Gasteiger partial charge in [-0.05, 0) is 30.3 Å². The zero-order chi connectivity index (χ0) is 20.0. The number of methoxy groups -OCH3 is 1. The lowest BCUT2D eigenvalue weighted by Crippen LogP contribution is -2.39. The van der Waals surface area contributed by atoms with E-state index < -0.39 is 22.5 Å². The molecule has 0 aliphatic rings. The molecule has 0 radical (unpaired) electrons. The van der Waals surface area contributed by atoms with Gasteiger partial charge in [-0.2, -0.15) is 5.10 Å². The standard InChI is InChI=1S/C17H17BrClN3O4S/c1-26-16-8-7-13(18)9-12(16)10-20-21-17(23)11-22(27(2,24)25)15-6-4-3-5-14(15)19/h3-10H,11H2,1-2H3,(H,21,23)/b20-10-. The van der Waals surface area contributed by atoms with Crippen molar-refractivity contribution in [2.24, 2.45) is 5.10 Å². The number of halogens is 2. The molecule has 144 valence electrons. The summed E-state index contributed by atoms with van der Waals surface area (Å²) in [6.45, 7) is -0.463. The molecule has 27 heavy (non-hydrogen) atoms. The van der Waals surface area contributed by atoms with Gasteiger partial charge in [0, 0.05) is 10.0 Å². The molecular formula is C17H17BrClN3O4S. The number of hydrazone groups is 1. The summed E-state index contributed by atoms with van der Waals surface area (Å²) in [6.07, 6.45) is 2.40. The number of hydrogen-bond donors (Lipinski definition) is 1. The Balaban J connectivity index is 2.13. The fourth-order valence-corrected chi connectivity index (χ4v) is 3.72. The van der Waals surface area contributed by atoms with Crippen molar-refractivity contribution in [1.29, 1.82) is 0 Å². The molecule has 7 nitrogen and oxygen atoms in total. The number of carbonyl (C=O) groups excluding carboxylic acids is 1. The number of sulfonamides is 1. The van der Waals surface area contributed by atoms with Crippen LogP contribution in [0.25, 0.3) is 0 Å². The summed E-state index contributed by atoms with van der Waals surface area (Å²) in [5, 5.41) is 4.08. The van der Waals surface area contributed by atoms with Crippen LogP contribution in [0.2, 0.25) is 5.02 Å². The maximum Gasteiger partial charge on any atom is 0.260 e. The SMILES string of the molecule is COc1ccc(Br)cc1/C=N\NC(=O)CN(c1ccccc1Cl)S(C)(=O)=O. The van der Waals surface area contributed by atoms with E-state index in [1.54, 1.807) is 30.3 Å². The average molecular weight is 475 g/mol. The first-order chi connectivity index (χ1) is 12.7. The molecular weight excluding hydrogens is 458 g/mol. The van der Waals surface area contributed by atoms with Crippen molar-refractivity contribution in [1.82, 2.24) is 5.43 Å². The van der Waals surface area contributed by atoms with Crippen LogP contribution in [0.4, 0.5) is 5.69 Å². The Hall–Kier alpha value is -2.10. The molecule has 0 saturated carbocycles. The first-order valence-corrected chi connectivity index (χ1v) is 10.6. The normalized spacial score (nSPS) is 11.4. The van der Waals surface area contributed by atoms with Gasteiger partial charge >= 0.3 is 0 Å². The second-order valence-corrected chi connectivity index (χ2v) is 8.63. The van der Waals surface area contributed by atoms with E-state index >= 15 is 0 Å². The maximum atomic E-state index is 12.2. The molecule has 1 N–H and O–H groups in total. The van der Waals surface area contributed by atoms with Crippen molar-refractivity contribution in [2.45, 2.75) is 0 Å². The number of nitrogens with zero attached hydrogens (tertiary/aromatic N) is 2. The van der Waals surface area contributed by atoms with E-state index in [-0.39, 0.29) is 10.7 Å². The number of anilines is 1. The average Bonchev–Trinajstić information content (AvgIpc) is 2.60. The molecule has 0 saturated heterocycles. The maximum absolute atomic E-state index is 12.2. The third-order valence-electron chi connectivity index (χ3n) is 3.39. The van der Waals surface area contributed by atoms with Crippen molar-refractivity contribution in [3.05, 3.63) is 57.5 Å². The molecule has 0 unspecified atom stereocenters. The van der Waals surface area contributed by atoms with Gasteiger partial charge in [0.25, 0.3) is 5.91 Å². The van der Waals surface area contributed by atoms with Gasteiger partial charge in [0.1, 0.15) is 12.3 Å². The van der Waals surface area contributed by atoms with Crippen LogP contribution < -0.4 is 14.5 Å². The summed E-state index contributed by atoms with van der Waals surface area (Å²) < 4.78 is 31.1. The van der Waals surface area contributed by atoms with Crippen LogP contribution in [0.15, 0.2) is 52.0 Å². The first-order valence-electron chi connectivity index (χ1n) is 7.60. The minimum atomic E-state index is -3.72. The second-order valence-electron chi connectivity index (χ2n) is 5.40. The largest absolute Gasteiger partial charge is 0.496 e. The summed E-state index contributed by atoms with van der Waals surface area (Å²) in [5.74, 6) is -0.0458. The van der Waals surface area contributed by atoms with Crippen LogP contribution in [-0.4, -0.2) is 40.4 Å². The van der Waals surface area contributed by atoms with Gasteiger partial charge in [-0.15, -0.1) is 0 Å². The molecule has 0 fully saturated rings. The fraction of sp³-hybridized carbons (Fsp3) is 0.176. The minimum Gasteiger partial charge on any atom is -0.496 e. The number of rotatable bonds is 7. The van der Waals surface area contributed by atoms with E-state index in [9.17, 15) is 13.2 Å². The predicted octanol–water partition coefficient (Wildman–Crippen LogP) is 3.03. The van der Waals surface area contributed by atoms with Crippen LogP contribution >= 0.6 is 27.5 Å². The molecule has 0 bridgehead atoms. The molecule has 1 amide bonds. The number of ether oxygens (including phenoxy) is 1. The zero-order valence-corrected chi connectivity index (χ0v) is 17.7. The van der Waals surface area contributed by atoms with Gasteiger partial charge in [0.05, 0.1) is 30.3 Å². The number of para-hydroxylation sites is 1. The lowest BCUT2D eigenvalue weighted by molar-refractivity contribution is -0.119. The topological polar surface area (TPSA) is 88.1 Å². The van der Waals surface area contributed by atoms with Gasteiger partial charge < -0.3 is 4.74 Å². The van der Waals surface area contributed by atoms with Gasteiger partial charge in [0.15, 0.2) is 0 Å². The molecule has 2 aromatic carbocycles. The first kappa shape index (κ1) is 21.2. The Morgan fingerprint density at radius 1 is 1.33 bits per heavy atom.